The second-order valence-electron chi connectivity index (χ2n) is 10.1. The SMILES string of the molecule is Cc1cc(O)cc(C)c1C[C@H](N)C(=O)N1Cc2ccccc2C[C@@H]1C(=O)N[C@@H](Cc1ccc(Cl)cc1)C(N)=O. The first kappa shape index (κ1) is 28.1. The molecule has 0 spiro atoms. The van der Waals surface area contributed by atoms with Crippen LogP contribution < -0.4 is 16.8 Å². The Hall–Kier alpha value is -3.88. The summed E-state index contributed by atoms with van der Waals surface area (Å²) in [6.45, 7) is 3.93. The first-order valence-corrected chi connectivity index (χ1v) is 13.2. The number of halogens is 1. The van der Waals surface area contributed by atoms with E-state index < -0.39 is 29.9 Å². The molecule has 0 unspecified atom stereocenters. The standard InChI is InChI=1S/C30H33ClN4O4/c1-17-11-23(36)12-18(2)24(17)15-25(32)30(39)35-16-21-6-4-3-5-20(21)14-27(35)29(38)34-26(28(33)37)13-19-7-9-22(31)10-8-19/h3-12,25-27,36H,13-16,32H2,1-2H3,(H2,33,37)(H,34,38)/t25-,26-,27+/m0/s1. The van der Waals surface area contributed by atoms with Crippen molar-refractivity contribution in [2.75, 3.05) is 0 Å². The fourth-order valence-electron chi connectivity index (χ4n) is 5.15. The number of aromatic hydroxyl groups is 1. The highest BCUT2D eigenvalue weighted by Gasteiger charge is 2.38. The summed E-state index contributed by atoms with van der Waals surface area (Å²) in [6, 6.07) is 15.1. The van der Waals surface area contributed by atoms with Crippen LogP contribution in [0.4, 0.5) is 0 Å². The van der Waals surface area contributed by atoms with E-state index in [2.05, 4.69) is 5.32 Å². The van der Waals surface area contributed by atoms with Crippen LogP contribution >= 0.6 is 11.6 Å². The summed E-state index contributed by atoms with van der Waals surface area (Å²) < 4.78 is 0. The van der Waals surface area contributed by atoms with Crippen molar-refractivity contribution >= 4 is 29.3 Å². The number of carbonyl (C=O) groups excluding carboxylic acids is 3. The van der Waals surface area contributed by atoms with Gasteiger partial charge < -0.3 is 26.8 Å². The summed E-state index contributed by atoms with van der Waals surface area (Å²) in [5.74, 6) is -1.37. The van der Waals surface area contributed by atoms with Gasteiger partial charge in [-0.1, -0.05) is 48.0 Å². The number of aryl methyl sites for hydroxylation is 2. The van der Waals surface area contributed by atoms with Crippen molar-refractivity contribution in [3.05, 3.63) is 99.1 Å². The number of amides is 3. The maximum atomic E-state index is 13.7. The largest absolute Gasteiger partial charge is 0.508 e. The van der Waals surface area contributed by atoms with Crippen LogP contribution in [0.2, 0.25) is 5.02 Å². The number of hydrogen-bond acceptors (Lipinski definition) is 5. The van der Waals surface area contributed by atoms with Gasteiger partial charge in [0.1, 0.15) is 17.8 Å². The summed E-state index contributed by atoms with van der Waals surface area (Å²) in [5.41, 5.74) is 17.3. The normalized spacial score (nSPS) is 16.2. The maximum Gasteiger partial charge on any atom is 0.243 e. The molecule has 3 amide bonds. The average molecular weight is 549 g/mol. The number of phenolic OH excluding ortho intramolecular Hbond substituents is 1. The highest BCUT2D eigenvalue weighted by atomic mass is 35.5. The van der Waals surface area contributed by atoms with Crippen molar-refractivity contribution in [3.63, 3.8) is 0 Å². The van der Waals surface area contributed by atoms with E-state index in [4.69, 9.17) is 23.1 Å². The number of rotatable bonds is 8. The summed E-state index contributed by atoms with van der Waals surface area (Å²) in [5, 5.41) is 13.2. The zero-order valence-corrected chi connectivity index (χ0v) is 22.7. The predicted molar refractivity (Wildman–Crippen MR) is 150 cm³/mol. The number of hydrogen-bond donors (Lipinski definition) is 4. The molecule has 0 fully saturated rings. The number of benzene rings is 3. The molecular formula is C30H33ClN4O4. The highest BCUT2D eigenvalue weighted by molar-refractivity contribution is 6.30. The molecule has 1 heterocycles. The molecule has 0 aromatic heterocycles. The fourth-order valence-corrected chi connectivity index (χ4v) is 5.27. The van der Waals surface area contributed by atoms with Crippen molar-refractivity contribution in [1.82, 2.24) is 10.2 Å². The molecular weight excluding hydrogens is 516 g/mol. The van der Waals surface area contributed by atoms with Gasteiger partial charge in [-0.15, -0.1) is 0 Å². The minimum absolute atomic E-state index is 0.153. The van der Waals surface area contributed by atoms with E-state index in [1.165, 1.54) is 4.90 Å². The molecule has 6 N–H and O–H groups in total. The van der Waals surface area contributed by atoms with Crippen molar-refractivity contribution in [3.8, 4) is 5.75 Å². The van der Waals surface area contributed by atoms with Crippen LogP contribution in [0, 0.1) is 13.8 Å². The van der Waals surface area contributed by atoms with Gasteiger partial charge in [0.25, 0.3) is 0 Å². The molecule has 0 bridgehead atoms. The molecule has 3 aromatic carbocycles. The van der Waals surface area contributed by atoms with Gasteiger partial charge in [-0.25, -0.2) is 0 Å². The number of fused-ring (bicyclic) bond motifs is 1. The van der Waals surface area contributed by atoms with Gasteiger partial charge in [0.05, 0.1) is 6.04 Å². The second-order valence-corrected chi connectivity index (χ2v) is 10.6. The molecule has 1 aliphatic heterocycles. The van der Waals surface area contributed by atoms with E-state index in [0.29, 0.717) is 5.02 Å². The molecule has 3 atom stereocenters. The van der Waals surface area contributed by atoms with E-state index in [0.717, 1.165) is 33.4 Å². The van der Waals surface area contributed by atoms with Crippen LogP contribution in [-0.2, 0) is 40.2 Å². The van der Waals surface area contributed by atoms with Gasteiger partial charge >= 0.3 is 0 Å². The van der Waals surface area contributed by atoms with Crippen LogP contribution in [0.1, 0.15) is 33.4 Å². The third-order valence-corrected chi connectivity index (χ3v) is 7.52. The van der Waals surface area contributed by atoms with Gasteiger partial charge in [0.15, 0.2) is 0 Å². The van der Waals surface area contributed by atoms with E-state index >= 15 is 0 Å². The number of carbonyl (C=O) groups is 3. The van der Waals surface area contributed by atoms with Crippen molar-refractivity contribution in [2.45, 2.75) is 57.8 Å². The predicted octanol–water partition coefficient (Wildman–Crippen LogP) is 2.70. The molecule has 8 nitrogen and oxygen atoms in total. The molecule has 0 aliphatic carbocycles. The fraction of sp³-hybridized carbons (Fsp3) is 0.300. The van der Waals surface area contributed by atoms with Crippen LogP contribution in [0.5, 0.6) is 5.75 Å². The smallest absolute Gasteiger partial charge is 0.243 e. The Bertz CT molecular complexity index is 1370. The first-order chi connectivity index (χ1) is 18.5. The quantitative estimate of drug-likeness (QED) is 0.343. The van der Waals surface area contributed by atoms with Crippen molar-refractivity contribution < 1.29 is 19.5 Å². The molecule has 0 saturated heterocycles. The summed E-state index contributed by atoms with van der Waals surface area (Å²) in [6.07, 6.45) is 0.725. The Balaban J connectivity index is 1.57. The molecule has 1 aliphatic rings. The van der Waals surface area contributed by atoms with Crippen LogP contribution in [-0.4, -0.2) is 45.9 Å². The maximum absolute atomic E-state index is 13.7. The Morgan fingerprint density at radius 1 is 1.03 bits per heavy atom. The molecule has 39 heavy (non-hydrogen) atoms. The highest BCUT2D eigenvalue weighted by Crippen LogP contribution is 2.26. The van der Waals surface area contributed by atoms with Gasteiger partial charge in [0, 0.05) is 24.4 Å². The monoisotopic (exact) mass is 548 g/mol. The van der Waals surface area contributed by atoms with Gasteiger partial charge in [0.2, 0.25) is 17.7 Å². The number of primary amides is 1. The lowest BCUT2D eigenvalue weighted by Gasteiger charge is -2.38. The van der Waals surface area contributed by atoms with Gasteiger partial charge in [-0.2, -0.15) is 0 Å². The third kappa shape index (κ3) is 6.58. The number of nitrogens with one attached hydrogen (secondary N) is 1. The lowest BCUT2D eigenvalue weighted by molar-refractivity contribution is -0.143. The van der Waals surface area contributed by atoms with Crippen LogP contribution in [0.15, 0.2) is 60.7 Å². The van der Waals surface area contributed by atoms with Crippen molar-refractivity contribution in [2.24, 2.45) is 11.5 Å². The lowest BCUT2D eigenvalue weighted by atomic mass is 9.91. The van der Waals surface area contributed by atoms with Crippen LogP contribution in [0.3, 0.4) is 0 Å². The molecule has 9 heteroatoms. The molecule has 3 aromatic rings. The van der Waals surface area contributed by atoms with Gasteiger partial charge in [-0.05, 0) is 77.9 Å². The number of phenols is 1. The minimum atomic E-state index is -0.969. The topological polar surface area (TPSA) is 139 Å². The number of nitrogens with two attached hydrogens (primary N) is 2. The van der Waals surface area contributed by atoms with Crippen molar-refractivity contribution in [1.29, 1.82) is 0 Å². The first-order valence-electron chi connectivity index (χ1n) is 12.8. The zero-order chi connectivity index (χ0) is 28.3. The third-order valence-electron chi connectivity index (χ3n) is 7.27. The summed E-state index contributed by atoms with van der Waals surface area (Å²) >= 11 is 5.96. The summed E-state index contributed by atoms with van der Waals surface area (Å²) in [7, 11) is 0. The molecule has 204 valence electrons. The van der Waals surface area contributed by atoms with E-state index in [-0.39, 0.29) is 37.5 Å². The second kappa shape index (κ2) is 11.9. The minimum Gasteiger partial charge on any atom is -0.508 e. The Morgan fingerprint density at radius 2 is 1.64 bits per heavy atom. The Morgan fingerprint density at radius 3 is 2.26 bits per heavy atom. The Kier molecular flexibility index (Phi) is 8.57. The Labute approximate surface area is 232 Å². The van der Waals surface area contributed by atoms with E-state index in [1.54, 1.807) is 36.4 Å². The molecule has 0 radical (unpaired) electrons. The molecule has 4 rings (SSSR count). The van der Waals surface area contributed by atoms with Gasteiger partial charge in [-0.3, -0.25) is 14.4 Å². The average Bonchev–Trinajstić information content (AvgIpc) is 2.90. The zero-order valence-electron chi connectivity index (χ0n) is 22.0. The lowest BCUT2D eigenvalue weighted by Crippen LogP contribution is -2.59. The number of nitrogens with zero attached hydrogens (tertiary/aromatic N) is 1. The van der Waals surface area contributed by atoms with E-state index in [9.17, 15) is 19.5 Å². The summed E-state index contributed by atoms with van der Waals surface area (Å²) in [4.78, 5) is 41.1. The molecule has 0 saturated carbocycles. The van der Waals surface area contributed by atoms with Crippen LogP contribution in [0.25, 0.3) is 0 Å². The van der Waals surface area contributed by atoms with E-state index in [1.807, 2.05) is 38.1 Å².